The third-order valence-corrected chi connectivity index (χ3v) is 4.16. The van der Waals surface area contributed by atoms with E-state index in [4.69, 9.17) is 4.74 Å². The zero-order chi connectivity index (χ0) is 18.0. The van der Waals surface area contributed by atoms with Gasteiger partial charge in [-0.25, -0.2) is 4.39 Å². The molecule has 3 rings (SSSR count). The molecule has 1 aliphatic rings. The van der Waals surface area contributed by atoms with E-state index in [-0.39, 0.29) is 30.5 Å². The number of rotatable bonds is 4. The van der Waals surface area contributed by atoms with Crippen molar-refractivity contribution in [3.63, 3.8) is 0 Å². The van der Waals surface area contributed by atoms with Crippen LogP contribution in [0.15, 0.2) is 24.3 Å². The maximum Gasteiger partial charge on any atom is 0.272 e. The number of carbonyl (C=O) groups excluding carboxylic acids is 1. The molecule has 1 aromatic heterocycles. The molecule has 2 aromatic rings. The highest BCUT2D eigenvalue weighted by Gasteiger charge is 2.24. The molecule has 0 saturated carbocycles. The lowest BCUT2D eigenvalue weighted by Crippen LogP contribution is -2.45. The molecule has 1 aliphatic heterocycles. The first-order valence-corrected chi connectivity index (χ1v) is 8.41. The largest absolute Gasteiger partial charge is 0.372 e. The molecule has 1 aromatic carbocycles. The van der Waals surface area contributed by atoms with Crippen LogP contribution in [0.25, 0.3) is 0 Å². The van der Waals surface area contributed by atoms with E-state index in [2.05, 4.69) is 15.5 Å². The van der Waals surface area contributed by atoms with Gasteiger partial charge in [0, 0.05) is 25.3 Å². The molecule has 0 spiro atoms. The number of hydrogen-bond acceptors (Lipinski definition) is 4. The Labute approximate surface area is 146 Å². The number of benzene rings is 1. The minimum Gasteiger partial charge on any atom is -0.372 e. The van der Waals surface area contributed by atoms with E-state index in [1.807, 2.05) is 31.7 Å². The Morgan fingerprint density at radius 1 is 1.36 bits per heavy atom. The number of nitrogens with zero attached hydrogens (tertiary/aromatic N) is 2. The molecule has 1 amide bonds. The van der Waals surface area contributed by atoms with E-state index < -0.39 is 0 Å². The Morgan fingerprint density at radius 2 is 2.08 bits per heavy atom. The summed E-state index contributed by atoms with van der Waals surface area (Å²) in [5, 5.41) is 9.37. The number of ether oxygens (including phenoxy) is 1. The molecule has 0 bridgehead atoms. The number of amides is 1. The SMILES string of the molecule is Cc1cc(C(=O)NCc2ccc(N3C[C@@H](C)O[C@H](C)C3)c(F)c2)n[nH]1. The van der Waals surface area contributed by atoms with Crippen molar-refractivity contribution < 1.29 is 13.9 Å². The third-order valence-electron chi connectivity index (χ3n) is 4.16. The average molecular weight is 346 g/mol. The van der Waals surface area contributed by atoms with Gasteiger partial charge in [-0.2, -0.15) is 5.10 Å². The maximum atomic E-state index is 14.5. The minimum atomic E-state index is -0.288. The summed E-state index contributed by atoms with van der Waals surface area (Å²) in [6.45, 7) is 7.37. The summed E-state index contributed by atoms with van der Waals surface area (Å²) in [6, 6.07) is 6.73. The van der Waals surface area contributed by atoms with Crippen molar-refractivity contribution in [2.24, 2.45) is 0 Å². The highest BCUT2D eigenvalue weighted by Crippen LogP contribution is 2.24. The maximum absolute atomic E-state index is 14.5. The second-order valence-corrected chi connectivity index (χ2v) is 6.57. The third kappa shape index (κ3) is 4.17. The van der Waals surface area contributed by atoms with E-state index in [1.54, 1.807) is 12.1 Å². The van der Waals surface area contributed by atoms with E-state index in [9.17, 15) is 9.18 Å². The lowest BCUT2D eigenvalue weighted by molar-refractivity contribution is -0.00539. The normalized spacial score (nSPS) is 20.6. The lowest BCUT2D eigenvalue weighted by atomic mass is 10.1. The number of nitrogens with one attached hydrogen (secondary N) is 2. The van der Waals surface area contributed by atoms with Crippen molar-refractivity contribution in [1.82, 2.24) is 15.5 Å². The van der Waals surface area contributed by atoms with Crippen LogP contribution < -0.4 is 10.2 Å². The van der Waals surface area contributed by atoms with Crippen LogP contribution in [0.2, 0.25) is 0 Å². The standard InChI is InChI=1S/C18H23FN4O2/c1-11-6-16(22-21-11)18(24)20-8-14-4-5-17(15(19)7-14)23-9-12(2)25-13(3)10-23/h4-7,12-13H,8-10H2,1-3H3,(H,20,24)(H,21,22)/t12-,13-/m1/s1. The second kappa shape index (κ2) is 7.23. The van der Waals surface area contributed by atoms with Crippen LogP contribution >= 0.6 is 0 Å². The molecule has 6 nitrogen and oxygen atoms in total. The van der Waals surface area contributed by atoms with Crippen LogP contribution in [0.5, 0.6) is 0 Å². The van der Waals surface area contributed by atoms with Gasteiger partial charge in [-0.15, -0.1) is 0 Å². The van der Waals surface area contributed by atoms with Gasteiger partial charge in [-0.3, -0.25) is 9.89 Å². The smallest absolute Gasteiger partial charge is 0.272 e. The van der Waals surface area contributed by atoms with Crippen molar-refractivity contribution in [2.45, 2.75) is 39.5 Å². The highest BCUT2D eigenvalue weighted by molar-refractivity contribution is 5.92. The summed E-state index contributed by atoms with van der Waals surface area (Å²) < 4.78 is 20.2. The average Bonchev–Trinajstić information content (AvgIpc) is 2.98. The van der Waals surface area contributed by atoms with Crippen LogP contribution in [0, 0.1) is 12.7 Å². The van der Waals surface area contributed by atoms with Gasteiger partial charge in [0.2, 0.25) is 0 Å². The van der Waals surface area contributed by atoms with Crippen LogP contribution in [0.4, 0.5) is 10.1 Å². The number of carbonyl (C=O) groups is 1. The Hall–Kier alpha value is -2.41. The van der Waals surface area contributed by atoms with Gasteiger partial charge in [0.05, 0.1) is 17.9 Å². The number of aryl methyl sites for hydroxylation is 1. The molecular weight excluding hydrogens is 323 g/mol. The highest BCUT2D eigenvalue weighted by atomic mass is 19.1. The monoisotopic (exact) mass is 346 g/mol. The topological polar surface area (TPSA) is 70.2 Å². The molecular formula is C18H23FN4O2. The van der Waals surface area contributed by atoms with Crippen molar-refractivity contribution in [1.29, 1.82) is 0 Å². The Balaban J connectivity index is 1.64. The second-order valence-electron chi connectivity index (χ2n) is 6.57. The Morgan fingerprint density at radius 3 is 2.68 bits per heavy atom. The van der Waals surface area contributed by atoms with Gasteiger partial charge in [-0.05, 0) is 44.5 Å². The summed E-state index contributed by atoms with van der Waals surface area (Å²) in [6.07, 6.45) is 0.138. The number of aromatic nitrogens is 2. The van der Waals surface area contributed by atoms with Crippen LogP contribution in [-0.2, 0) is 11.3 Å². The number of morpholine rings is 1. The van der Waals surface area contributed by atoms with Gasteiger partial charge in [0.1, 0.15) is 11.5 Å². The first kappa shape index (κ1) is 17.4. The van der Waals surface area contributed by atoms with Gasteiger partial charge >= 0.3 is 0 Å². The Bertz CT molecular complexity index is 751. The van der Waals surface area contributed by atoms with Crippen LogP contribution in [0.1, 0.15) is 35.6 Å². The van der Waals surface area contributed by atoms with Crippen molar-refractivity contribution >= 4 is 11.6 Å². The molecule has 134 valence electrons. The zero-order valence-electron chi connectivity index (χ0n) is 14.7. The molecule has 2 atom stereocenters. The first-order valence-electron chi connectivity index (χ1n) is 8.41. The van der Waals surface area contributed by atoms with E-state index >= 15 is 0 Å². The molecule has 2 N–H and O–H groups in total. The molecule has 7 heteroatoms. The molecule has 1 fully saturated rings. The number of halogens is 1. The summed E-state index contributed by atoms with van der Waals surface area (Å²) in [5.74, 6) is -0.576. The van der Waals surface area contributed by atoms with E-state index in [0.29, 0.717) is 30.0 Å². The van der Waals surface area contributed by atoms with Crippen LogP contribution in [-0.4, -0.2) is 41.4 Å². The fraction of sp³-hybridized carbons (Fsp3) is 0.444. The van der Waals surface area contributed by atoms with Crippen molar-refractivity contribution in [2.75, 3.05) is 18.0 Å². The number of anilines is 1. The lowest BCUT2D eigenvalue weighted by Gasteiger charge is -2.37. The van der Waals surface area contributed by atoms with Crippen molar-refractivity contribution in [3.8, 4) is 0 Å². The van der Waals surface area contributed by atoms with E-state index in [0.717, 1.165) is 5.69 Å². The molecule has 0 unspecified atom stereocenters. The molecule has 25 heavy (non-hydrogen) atoms. The first-order chi connectivity index (χ1) is 11.9. The summed E-state index contributed by atoms with van der Waals surface area (Å²) in [4.78, 5) is 14.0. The number of hydrogen-bond donors (Lipinski definition) is 2. The predicted octanol–water partition coefficient (Wildman–Crippen LogP) is 2.40. The molecule has 0 radical (unpaired) electrons. The quantitative estimate of drug-likeness (QED) is 0.892. The fourth-order valence-electron chi connectivity index (χ4n) is 3.10. The van der Waals surface area contributed by atoms with E-state index in [1.165, 1.54) is 6.07 Å². The summed E-state index contributed by atoms with van der Waals surface area (Å²) in [5.41, 5.74) is 2.41. The molecule has 2 heterocycles. The fourth-order valence-corrected chi connectivity index (χ4v) is 3.10. The van der Waals surface area contributed by atoms with Gasteiger partial charge in [0.15, 0.2) is 0 Å². The minimum absolute atomic E-state index is 0.0689. The summed E-state index contributed by atoms with van der Waals surface area (Å²) >= 11 is 0. The summed E-state index contributed by atoms with van der Waals surface area (Å²) in [7, 11) is 0. The van der Waals surface area contributed by atoms with Crippen LogP contribution in [0.3, 0.4) is 0 Å². The molecule has 1 saturated heterocycles. The van der Waals surface area contributed by atoms with Gasteiger partial charge in [0.25, 0.3) is 5.91 Å². The predicted molar refractivity (Wildman–Crippen MR) is 93.1 cm³/mol. The zero-order valence-corrected chi connectivity index (χ0v) is 14.7. The number of aromatic amines is 1. The molecule has 0 aliphatic carbocycles. The van der Waals surface area contributed by atoms with Gasteiger partial charge in [-0.1, -0.05) is 6.07 Å². The number of H-pyrrole nitrogens is 1. The van der Waals surface area contributed by atoms with Gasteiger partial charge < -0.3 is 15.0 Å². The Kier molecular flexibility index (Phi) is 5.03. The van der Waals surface area contributed by atoms with Crippen molar-refractivity contribution in [3.05, 3.63) is 47.0 Å².